The SMILES string of the molecule is CCN(C)C(C)CCNC(=O)N(C)Cc1cccc(C)c1C. The van der Waals surface area contributed by atoms with Crippen LogP contribution in [0.4, 0.5) is 4.79 Å². The summed E-state index contributed by atoms with van der Waals surface area (Å²) in [5.41, 5.74) is 3.74. The summed E-state index contributed by atoms with van der Waals surface area (Å²) < 4.78 is 0. The number of carbonyl (C=O) groups is 1. The Balaban J connectivity index is 2.44. The zero-order chi connectivity index (χ0) is 16.7. The Labute approximate surface area is 135 Å². The van der Waals surface area contributed by atoms with Crippen LogP contribution in [-0.4, -0.2) is 49.1 Å². The molecule has 0 saturated carbocycles. The van der Waals surface area contributed by atoms with Crippen molar-refractivity contribution in [3.05, 3.63) is 34.9 Å². The van der Waals surface area contributed by atoms with Gasteiger partial charge in [0.15, 0.2) is 0 Å². The van der Waals surface area contributed by atoms with Crippen molar-refractivity contribution in [1.29, 1.82) is 0 Å². The third kappa shape index (κ3) is 5.34. The van der Waals surface area contributed by atoms with Crippen LogP contribution in [0.2, 0.25) is 0 Å². The lowest BCUT2D eigenvalue weighted by molar-refractivity contribution is 0.203. The van der Waals surface area contributed by atoms with E-state index in [1.54, 1.807) is 4.90 Å². The third-order valence-electron chi connectivity index (χ3n) is 4.56. The van der Waals surface area contributed by atoms with E-state index in [9.17, 15) is 4.79 Å². The zero-order valence-electron chi connectivity index (χ0n) is 14.9. The standard InChI is InChI=1S/C18H31N3O/c1-7-20(5)15(3)11-12-19-18(22)21(6)13-17-10-8-9-14(2)16(17)4/h8-10,15H,7,11-13H2,1-6H3,(H,19,22). The number of nitrogens with zero attached hydrogens (tertiary/aromatic N) is 2. The molecule has 4 nitrogen and oxygen atoms in total. The molecular weight excluding hydrogens is 274 g/mol. The van der Waals surface area contributed by atoms with Crippen LogP contribution in [0.1, 0.15) is 37.0 Å². The molecule has 1 atom stereocenters. The lowest BCUT2D eigenvalue weighted by Gasteiger charge is -2.24. The summed E-state index contributed by atoms with van der Waals surface area (Å²) in [7, 11) is 3.96. The van der Waals surface area contributed by atoms with Crippen molar-refractivity contribution in [2.24, 2.45) is 0 Å². The molecule has 124 valence electrons. The molecule has 22 heavy (non-hydrogen) atoms. The predicted octanol–water partition coefficient (Wildman–Crippen LogP) is 3.18. The smallest absolute Gasteiger partial charge is 0.317 e. The molecule has 0 saturated heterocycles. The van der Waals surface area contributed by atoms with Crippen molar-refractivity contribution < 1.29 is 4.79 Å². The van der Waals surface area contributed by atoms with Crippen LogP contribution < -0.4 is 5.32 Å². The molecule has 0 radical (unpaired) electrons. The second-order valence-electron chi connectivity index (χ2n) is 6.16. The van der Waals surface area contributed by atoms with E-state index in [-0.39, 0.29) is 6.03 Å². The van der Waals surface area contributed by atoms with Gasteiger partial charge in [-0.15, -0.1) is 0 Å². The summed E-state index contributed by atoms with van der Waals surface area (Å²) >= 11 is 0. The topological polar surface area (TPSA) is 35.6 Å². The lowest BCUT2D eigenvalue weighted by Crippen LogP contribution is -2.39. The van der Waals surface area contributed by atoms with Crippen molar-refractivity contribution in [2.75, 3.05) is 27.2 Å². The van der Waals surface area contributed by atoms with Gasteiger partial charge in [-0.25, -0.2) is 4.79 Å². The molecule has 1 rings (SSSR count). The van der Waals surface area contributed by atoms with Crippen LogP contribution in [0.25, 0.3) is 0 Å². The summed E-state index contributed by atoms with van der Waals surface area (Å²) in [6.07, 6.45) is 0.966. The lowest BCUT2D eigenvalue weighted by atomic mass is 10.0. The van der Waals surface area contributed by atoms with Crippen LogP contribution in [0.15, 0.2) is 18.2 Å². The van der Waals surface area contributed by atoms with E-state index in [0.29, 0.717) is 19.1 Å². The maximum Gasteiger partial charge on any atom is 0.317 e. The van der Waals surface area contributed by atoms with Gasteiger partial charge in [-0.2, -0.15) is 0 Å². The quantitative estimate of drug-likeness (QED) is 0.840. The molecule has 0 aliphatic rings. The zero-order valence-corrected chi connectivity index (χ0v) is 14.9. The molecular formula is C18H31N3O. The van der Waals surface area contributed by atoms with Gasteiger partial charge in [0.2, 0.25) is 0 Å². The van der Waals surface area contributed by atoms with Crippen LogP contribution in [0, 0.1) is 13.8 Å². The first kappa shape index (κ1) is 18.5. The number of hydrogen-bond acceptors (Lipinski definition) is 2. The van der Waals surface area contributed by atoms with Crippen molar-refractivity contribution in [3.63, 3.8) is 0 Å². The summed E-state index contributed by atoms with van der Waals surface area (Å²) in [6.45, 7) is 10.9. The molecule has 1 N–H and O–H groups in total. The minimum Gasteiger partial charge on any atom is -0.338 e. The van der Waals surface area contributed by atoms with Crippen LogP contribution in [0.5, 0.6) is 0 Å². The molecule has 2 amide bonds. The summed E-state index contributed by atoms with van der Waals surface area (Å²) in [5.74, 6) is 0. The number of carbonyl (C=O) groups excluding carboxylic acids is 1. The minimum absolute atomic E-state index is 0.00717. The van der Waals surface area contributed by atoms with Crippen molar-refractivity contribution >= 4 is 6.03 Å². The summed E-state index contributed by atoms with van der Waals surface area (Å²) in [6, 6.07) is 6.71. The van der Waals surface area contributed by atoms with Gasteiger partial charge in [-0.1, -0.05) is 25.1 Å². The number of amides is 2. The van der Waals surface area contributed by atoms with Crippen LogP contribution in [0.3, 0.4) is 0 Å². The highest BCUT2D eigenvalue weighted by atomic mass is 16.2. The van der Waals surface area contributed by atoms with Crippen molar-refractivity contribution in [1.82, 2.24) is 15.1 Å². The van der Waals surface area contributed by atoms with Crippen LogP contribution >= 0.6 is 0 Å². The fourth-order valence-corrected chi connectivity index (χ4v) is 2.37. The largest absolute Gasteiger partial charge is 0.338 e. The molecule has 4 heteroatoms. The minimum atomic E-state index is -0.00717. The van der Waals surface area contributed by atoms with Gasteiger partial charge in [0.1, 0.15) is 0 Å². The van der Waals surface area contributed by atoms with E-state index in [2.05, 4.69) is 57.1 Å². The number of hydrogen-bond donors (Lipinski definition) is 1. The second-order valence-corrected chi connectivity index (χ2v) is 6.16. The predicted molar refractivity (Wildman–Crippen MR) is 93.2 cm³/mol. The van der Waals surface area contributed by atoms with Crippen LogP contribution in [-0.2, 0) is 6.54 Å². The molecule has 0 aromatic heterocycles. The van der Waals surface area contributed by atoms with E-state index in [4.69, 9.17) is 0 Å². The number of aryl methyl sites for hydroxylation is 1. The molecule has 0 fully saturated rings. The number of rotatable bonds is 7. The first-order valence-corrected chi connectivity index (χ1v) is 8.11. The first-order valence-electron chi connectivity index (χ1n) is 8.11. The highest BCUT2D eigenvalue weighted by molar-refractivity contribution is 5.73. The van der Waals surface area contributed by atoms with Gasteiger partial charge in [0.25, 0.3) is 0 Å². The van der Waals surface area contributed by atoms with E-state index < -0.39 is 0 Å². The molecule has 1 aromatic carbocycles. The average molecular weight is 305 g/mol. The van der Waals surface area contributed by atoms with E-state index in [1.165, 1.54) is 16.7 Å². The molecule has 0 heterocycles. The van der Waals surface area contributed by atoms with Gasteiger partial charge in [0, 0.05) is 26.2 Å². The van der Waals surface area contributed by atoms with E-state index >= 15 is 0 Å². The van der Waals surface area contributed by atoms with Gasteiger partial charge in [-0.05, 0) is 57.5 Å². The monoisotopic (exact) mass is 305 g/mol. The Bertz CT molecular complexity index is 487. The molecule has 0 bridgehead atoms. The molecule has 0 aliphatic carbocycles. The highest BCUT2D eigenvalue weighted by Gasteiger charge is 2.12. The fourth-order valence-electron chi connectivity index (χ4n) is 2.37. The number of benzene rings is 1. The van der Waals surface area contributed by atoms with Gasteiger partial charge in [-0.3, -0.25) is 0 Å². The fraction of sp³-hybridized carbons (Fsp3) is 0.611. The van der Waals surface area contributed by atoms with Gasteiger partial charge < -0.3 is 15.1 Å². The van der Waals surface area contributed by atoms with Gasteiger partial charge >= 0.3 is 6.03 Å². The summed E-state index contributed by atoms with van der Waals surface area (Å²) in [4.78, 5) is 16.2. The Morgan fingerprint density at radius 1 is 1.27 bits per heavy atom. The maximum atomic E-state index is 12.2. The number of nitrogens with one attached hydrogen (secondary N) is 1. The molecule has 1 unspecified atom stereocenters. The molecule has 1 aromatic rings. The molecule has 0 aliphatic heterocycles. The first-order chi connectivity index (χ1) is 10.4. The van der Waals surface area contributed by atoms with Gasteiger partial charge in [0.05, 0.1) is 0 Å². The number of urea groups is 1. The highest BCUT2D eigenvalue weighted by Crippen LogP contribution is 2.14. The average Bonchev–Trinajstić information content (AvgIpc) is 2.50. The Hall–Kier alpha value is -1.55. The Morgan fingerprint density at radius 2 is 1.95 bits per heavy atom. The summed E-state index contributed by atoms with van der Waals surface area (Å²) in [5, 5.41) is 3.01. The third-order valence-corrected chi connectivity index (χ3v) is 4.56. The normalized spacial score (nSPS) is 12.3. The van der Waals surface area contributed by atoms with Crippen molar-refractivity contribution in [3.8, 4) is 0 Å². The second kappa shape index (κ2) is 8.79. The van der Waals surface area contributed by atoms with Crippen molar-refractivity contribution in [2.45, 2.75) is 46.7 Å². The maximum absolute atomic E-state index is 12.2. The van der Waals surface area contributed by atoms with E-state index in [1.807, 2.05) is 13.1 Å². The Morgan fingerprint density at radius 3 is 2.59 bits per heavy atom. The van der Waals surface area contributed by atoms with E-state index in [0.717, 1.165) is 13.0 Å². The molecule has 0 spiro atoms. The Kier molecular flexibility index (Phi) is 7.39.